The first-order chi connectivity index (χ1) is 7.97. The monoisotopic (exact) mass is 229 g/mol. The first kappa shape index (κ1) is 12.9. The molecule has 0 fully saturated rings. The molecule has 0 saturated carbocycles. The second-order valence-corrected chi connectivity index (χ2v) is 4.05. The van der Waals surface area contributed by atoms with E-state index < -0.39 is 0 Å². The summed E-state index contributed by atoms with van der Waals surface area (Å²) in [5.74, 6) is 0.0187. The summed E-state index contributed by atoms with van der Waals surface area (Å²) in [5, 5.41) is 16.6. The van der Waals surface area contributed by atoms with Crippen molar-refractivity contribution in [2.24, 2.45) is 5.92 Å². The van der Waals surface area contributed by atoms with Crippen molar-refractivity contribution in [3.63, 3.8) is 0 Å². The zero-order chi connectivity index (χ0) is 13.0. The fraction of sp³-hybridized carbons (Fsp3) is 0.308. The van der Waals surface area contributed by atoms with E-state index in [4.69, 9.17) is 10.7 Å². The van der Waals surface area contributed by atoms with Gasteiger partial charge in [0.1, 0.15) is 5.84 Å². The molecule has 4 nitrogen and oxygen atoms in total. The lowest BCUT2D eigenvalue weighted by atomic mass is 10.1. The molecule has 1 N–H and O–H groups in total. The molecule has 1 aromatic rings. The molecule has 1 rings (SSSR count). The highest BCUT2D eigenvalue weighted by Gasteiger charge is 2.19. The van der Waals surface area contributed by atoms with Gasteiger partial charge in [-0.2, -0.15) is 5.26 Å². The first-order valence-corrected chi connectivity index (χ1v) is 5.36. The highest BCUT2D eigenvalue weighted by Crippen LogP contribution is 2.18. The predicted octanol–water partition coefficient (Wildman–Crippen LogP) is 2.54. The van der Waals surface area contributed by atoms with Crippen molar-refractivity contribution in [2.45, 2.75) is 20.8 Å². The van der Waals surface area contributed by atoms with Crippen molar-refractivity contribution >= 4 is 17.4 Å². The number of carbonyl (C=O) groups excluding carboxylic acids is 1. The number of amides is 1. The van der Waals surface area contributed by atoms with Crippen LogP contribution in [0.2, 0.25) is 0 Å². The Morgan fingerprint density at radius 1 is 1.35 bits per heavy atom. The van der Waals surface area contributed by atoms with Gasteiger partial charge in [0.25, 0.3) is 0 Å². The van der Waals surface area contributed by atoms with Gasteiger partial charge in [-0.05, 0) is 24.3 Å². The summed E-state index contributed by atoms with van der Waals surface area (Å²) in [4.78, 5) is 12.9. The highest BCUT2D eigenvalue weighted by atomic mass is 16.2. The van der Waals surface area contributed by atoms with Crippen LogP contribution < -0.4 is 4.90 Å². The Morgan fingerprint density at radius 3 is 2.24 bits per heavy atom. The molecule has 0 unspecified atom stereocenters. The van der Waals surface area contributed by atoms with Crippen molar-refractivity contribution in [3.05, 3.63) is 29.8 Å². The Bertz CT molecular complexity index is 468. The van der Waals surface area contributed by atoms with E-state index in [0.717, 1.165) is 0 Å². The minimum atomic E-state index is -0.201. The third-order valence-electron chi connectivity index (χ3n) is 2.36. The van der Waals surface area contributed by atoms with Gasteiger partial charge >= 0.3 is 0 Å². The molecule has 0 radical (unpaired) electrons. The zero-order valence-electron chi connectivity index (χ0n) is 10.2. The summed E-state index contributed by atoms with van der Waals surface area (Å²) < 4.78 is 0. The van der Waals surface area contributed by atoms with E-state index >= 15 is 0 Å². The minimum Gasteiger partial charge on any atom is -0.288 e. The molecule has 0 aliphatic rings. The minimum absolute atomic E-state index is 0.0328. The predicted molar refractivity (Wildman–Crippen MR) is 66.9 cm³/mol. The fourth-order valence-corrected chi connectivity index (χ4v) is 1.43. The smallest absolute Gasteiger partial charge is 0.229 e. The average molecular weight is 229 g/mol. The van der Waals surface area contributed by atoms with Gasteiger partial charge in [-0.3, -0.25) is 15.1 Å². The van der Waals surface area contributed by atoms with Gasteiger partial charge in [-0.25, -0.2) is 0 Å². The molecule has 0 atom stereocenters. The zero-order valence-corrected chi connectivity index (χ0v) is 10.2. The molecular formula is C13H15N3O. The maximum absolute atomic E-state index is 11.6. The number of anilines is 1. The number of benzene rings is 1. The van der Waals surface area contributed by atoms with Crippen LogP contribution in [0.25, 0.3) is 0 Å². The molecule has 0 aromatic heterocycles. The van der Waals surface area contributed by atoms with E-state index in [0.29, 0.717) is 11.3 Å². The van der Waals surface area contributed by atoms with Gasteiger partial charge in [0.05, 0.1) is 17.3 Å². The summed E-state index contributed by atoms with van der Waals surface area (Å²) in [6.07, 6.45) is 0. The Morgan fingerprint density at radius 2 is 1.88 bits per heavy atom. The molecule has 0 aliphatic heterocycles. The Labute approximate surface area is 101 Å². The number of rotatable bonds is 2. The van der Waals surface area contributed by atoms with Gasteiger partial charge in [-0.1, -0.05) is 13.8 Å². The molecule has 0 heterocycles. The SMILES string of the molecule is CC(=O)N(C(=N)C(C)C)c1ccc(C#N)cc1. The van der Waals surface area contributed by atoms with E-state index in [9.17, 15) is 4.79 Å². The number of nitrogens with one attached hydrogen (secondary N) is 1. The molecule has 1 amide bonds. The second kappa shape index (κ2) is 5.26. The molecule has 0 bridgehead atoms. The van der Waals surface area contributed by atoms with Gasteiger partial charge in [0.2, 0.25) is 5.91 Å². The molecular weight excluding hydrogens is 214 g/mol. The molecule has 0 spiro atoms. The number of nitriles is 1. The van der Waals surface area contributed by atoms with Gasteiger partial charge in [0, 0.05) is 12.8 Å². The summed E-state index contributed by atoms with van der Waals surface area (Å²) in [6, 6.07) is 8.65. The quantitative estimate of drug-likeness (QED) is 0.625. The average Bonchev–Trinajstić information content (AvgIpc) is 2.29. The maximum Gasteiger partial charge on any atom is 0.229 e. The van der Waals surface area contributed by atoms with Crippen LogP contribution in [0.15, 0.2) is 24.3 Å². The lowest BCUT2D eigenvalue weighted by Crippen LogP contribution is -2.37. The molecule has 4 heteroatoms. The van der Waals surface area contributed by atoms with Crippen LogP contribution in [0, 0.1) is 22.7 Å². The summed E-state index contributed by atoms with van der Waals surface area (Å²) in [6.45, 7) is 5.15. The van der Waals surface area contributed by atoms with Crippen molar-refractivity contribution in [1.29, 1.82) is 10.7 Å². The number of amidine groups is 1. The lowest BCUT2D eigenvalue weighted by Gasteiger charge is -2.24. The summed E-state index contributed by atoms with van der Waals surface area (Å²) >= 11 is 0. The van der Waals surface area contributed by atoms with E-state index in [2.05, 4.69) is 0 Å². The summed E-state index contributed by atoms with van der Waals surface area (Å²) in [5.41, 5.74) is 1.16. The number of hydrogen-bond acceptors (Lipinski definition) is 3. The number of hydrogen-bond donors (Lipinski definition) is 1. The van der Waals surface area contributed by atoms with Crippen LogP contribution in [0.3, 0.4) is 0 Å². The van der Waals surface area contributed by atoms with E-state index in [1.807, 2.05) is 19.9 Å². The number of nitrogens with zero attached hydrogens (tertiary/aromatic N) is 2. The normalized spacial score (nSPS) is 9.82. The topological polar surface area (TPSA) is 68.0 Å². The highest BCUT2D eigenvalue weighted by molar-refractivity contribution is 6.15. The molecule has 0 saturated heterocycles. The molecule has 17 heavy (non-hydrogen) atoms. The third kappa shape index (κ3) is 2.91. The van der Waals surface area contributed by atoms with Crippen LogP contribution in [0.5, 0.6) is 0 Å². The van der Waals surface area contributed by atoms with Crippen LogP contribution >= 0.6 is 0 Å². The van der Waals surface area contributed by atoms with Crippen molar-refractivity contribution in [3.8, 4) is 6.07 Å². The van der Waals surface area contributed by atoms with Crippen LogP contribution in [0.1, 0.15) is 26.3 Å². The second-order valence-electron chi connectivity index (χ2n) is 4.05. The van der Waals surface area contributed by atoms with Crippen molar-refractivity contribution in [2.75, 3.05) is 4.90 Å². The van der Waals surface area contributed by atoms with E-state index in [1.165, 1.54) is 11.8 Å². The van der Waals surface area contributed by atoms with Crippen molar-refractivity contribution in [1.82, 2.24) is 0 Å². The van der Waals surface area contributed by atoms with E-state index in [1.54, 1.807) is 24.3 Å². The molecule has 1 aromatic carbocycles. The Kier molecular flexibility index (Phi) is 4.00. The Hall–Kier alpha value is -2.15. The lowest BCUT2D eigenvalue weighted by molar-refractivity contribution is -0.115. The first-order valence-electron chi connectivity index (χ1n) is 5.36. The summed E-state index contributed by atoms with van der Waals surface area (Å²) in [7, 11) is 0. The van der Waals surface area contributed by atoms with Crippen molar-refractivity contribution < 1.29 is 4.79 Å². The van der Waals surface area contributed by atoms with Crippen LogP contribution in [-0.2, 0) is 4.79 Å². The van der Waals surface area contributed by atoms with Gasteiger partial charge < -0.3 is 0 Å². The maximum atomic E-state index is 11.6. The van der Waals surface area contributed by atoms with Crippen LogP contribution in [0.4, 0.5) is 5.69 Å². The largest absolute Gasteiger partial charge is 0.288 e. The molecule has 88 valence electrons. The Balaban J connectivity index is 3.11. The van der Waals surface area contributed by atoms with Crippen LogP contribution in [-0.4, -0.2) is 11.7 Å². The van der Waals surface area contributed by atoms with E-state index in [-0.39, 0.29) is 17.7 Å². The third-order valence-corrected chi connectivity index (χ3v) is 2.36. The fourth-order valence-electron chi connectivity index (χ4n) is 1.43. The van der Waals surface area contributed by atoms with Gasteiger partial charge in [0.15, 0.2) is 0 Å². The standard InChI is InChI=1S/C13H15N3O/c1-9(2)13(15)16(10(3)17)12-6-4-11(8-14)5-7-12/h4-7,9,15H,1-3H3. The molecule has 0 aliphatic carbocycles. The number of carbonyl (C=O) groups is 1. The van der Waals surface area contributed by atoms with Gasteiger partial charge in [-0.15, -0.1) is 0 Å².